The number of rotatable bonds is 7. The monoisotopic (exact) mass is 336 g/mol. The zero-order valence-electron chi connectivity index (χ0n) is 15.1. The number of hydrogen-bond acceptors (Lipinski definition) is 4. The highest BCUT2D eigenvalue weighted by atomic mass is 16.6. The number of benzene rings is 1. The molecule has 1 rings (SSSR count). The maximum absolute atomic E-state index is 12.2. The minimum Gasteiger partial charge on any atom is -0.444 e. The Kier molecular flexibility index (Phi) is 7.71. The Morgan fingerprint density at radius 3 is 2.33 bits per heavy atom. The van der Waals surface area contributed by atoms with Gasteiger partial charge in [0, 0.05) is 6.54 Å². The summed E-state index contributed by atoms with van der Waals surface area (Å²) in [6, 6.07) is 8.81. The quantitative estimate of drug-likeness (QED) is 0.802. The fourth-order valence-electron chi connectivity index (χ4n) is 2.01. The van der Waals surface area contributed by atoms with Gasteiger partial charge in [0.2, 0.25) is 5.91 Å². The second kappa shape index (κ2) is 9.27. The summed E-state index contributed by atoms with van der Waals surface area (Å²) in [5.41, 5.74) is 0.362. The molecule has 0 unspecified atom stereocenters. The van der Waals surface area contributed by atoms with Gasteiger partial charge in [-0.25, -0.2) is 4.79 Å². The van der Waals surface area contributed by atoms with E-state index in [0.717, 1.165) is 5.56 Å². The Morgan fingerprint density at radius 2 is 1.79 bits per heavy atom. The SMILES string of the molecule is CCNC(=O)[C@@H](NC(=O)OC(C)(C)C)[C@H](C)OCc1ccccc1. The molecule has 0 bridgehead atoms. The van der Waals surface area contributed by atoms with Crippen LogP contribution < -0.4 is 10.6 Å². The zero-order valence-corrected chi connectivity index (χ0v) is 15.1. The summed E-state index contributed by atoms with van der Waals surface area (Å²) in [5.74, 6) is -0.302. The van der Waals surface area contributed by atoms with Gasteiger partial charge in [0.25, 0.3) is 0 Å². The predicted octanol–water partition coefficient (Wildman–Crippen LogP) is 2.62. The van der Waals surface area contributed by atoms with Crippen molar-refractivity contribution in [3.63, 3.8) is 0 Å². The molecule has 6 heteroatoms. The number of likely N-dealkylation sites (N-methyl/N-ethyl adjacent to an activating group) is 1. The van der Waals surface area contributed by atoms with E-state index in [0.29, 0.717) is 13.2 Å². The van der Waals surface area contributed by atoms with Crippen LogP contribution in [0.15, 0.2) is 30.3 Å². The maximum Gasteiger partial charge on any atom is 0.408 e. The first kappa shape index (κ1) is 20.0. The van der Waals surface area contributed by atoms with Crippen LogP contribution in [0.1, 0.15) is 40.2 Å². The minimum absolute atomic E-state index is 0.302. The molecule has 0 aliphatic carbocycles. The Labute approximate surface area is 143 Å². The summed E-state index contributed by atoms with van der Waals surface area (Å²) in [5, 5.41) is 5.30. The molecule has 24 heavy (non-hydrogen) atoms. The average Bonchev–Trinajstić information content (AvgIpc) is 2.50. The van der Waals surface area contributed by atoms with E-state index in [1.54, 1.807) is 27.7 Å². The molecular weight excluding hydrogens is 308 g/mol. The standard InChI is InChI=1S/C18H28N2O4/c1-6-19-16(21)15(20-17(22)24-18(3,4)5)13(2)23-12-14-10-8-7-9-11-14/h7-11,13,15H,6,12H2,1-5H3,(H,19,21)(H,20,22)/t13-,15-/m0/s1. The van der Waals surface area contributed by atoms with Crippen LogP contribution in [0.3, 0.4) is 0 Å². The highest BCUT2D eigenvalue weighted by Gasteiger charge is 2.29. The summed E-state index contributed by atoms with van der Waals surface area (Å²) < 4.78 is 11.0. The van der Waals surface area contributed by atoms with Crippen molar-refractivity contribution in [3.05, 3.63) is 35.9 Å². The second-order valence-electron chi connectivity index (χ2n) is 6.52. The molecule has 1 aromatic rings. The molecule has 0 saturated carbocycles. The van der Waals surface area contributed by atoms with Gasteiger partial charge in [-0.2, -0.15) is 0 Å². The van der Waals surface area contributed by atoms with Crippen molar-refractivity contribution in [2.75, 3.05) is 6.54 Å². The normalized spacial score (nSPS) is 13.7. The Hall–Kier alpha value is -2.08. The van der Waals surface area contributed by atoms with Crippen molar-refractivity contribution in [2.24, 2.45) is 0 Å². The number of amides is 2. The third-order valence-electron chi connectivity index (χ3n) is 3.13. The molecule has 0 aliphatic rings. The first-order valence-electron chi connectivity index (χ1n) is 8.15. The van der Waals surface area contributed by atoms with Crippen molar-refractivity contribution in [3.8, 4) is 0 Å². The molecule has 0 aliphatic heterocycles. The van der Waals surface area contributed by atoms with Gasteiger partial charge in [-0.15, -0.1) is 0 Å². The second-order valence-corrected chi connectivity index (χ2v) is 6.52. The Morgan fingerprint density at radius 1 is 1.17 bits per heavy atom. The van der Waals surface area contributed by atoms with Crippen molar-refractivity contribution in [1.82, 2.24) is 10.6 Å². The molecular formula is C18H28N2O4. The first-order chi connectivity index (χ1) is 11.2. The number of hydrogen-bond donors (Lipinski definition) is 2. The molecule has 2 N–H and O–H groups in total. The Bertz CT molecular complexity index is 526. The smallest absolute Gasteiger partial charge is 0.408 e. The van der Waals surface area contributed by atoms with E-state index < -0.39 is 23.8 Å². The highest BCUT2D eigenvalue weighted by Crippen LogP contribution is 2.10. The van der Waals surface area contributed by atoms with Crippen LogP contribution in [-0.2, 0) is 20.9 Å². The van der Waals surface area contributed by atoms with Gasteiger partial charge in [-0.3, -0.25) is 4.79 Å². The molecule has 2 amide bonds. The summed E-state index contributed by atoms with van der Waals surface area (Å²) in [7, 11) is 0. The van der Waals surface area contributed by atoms with E-state index in [4.69, 9.17) is 9.47 Å². The molecule has 0 saturated heterocycles. The van der Waals surface area contributed by atoms with Crippen LogP contribution in [0.5, 0.6) is 0 Å². The summed E-state index contributed by atoms with van der Waals surface area (Å²) in [4.78, 5) is 24.2. The zero-order chi connectivity index (χ0) is 18.2. The molecule has 134 valence electrons. The van der Waals surface area contributed by atoms with E-state index in [1.807, 2.05) is 37.3 Å². The third-order valence-corrected chi connectivity index (χ3v) is 3.13. The largest absolute Gasteiger partial charge is 0.444 e. The lowest BCUT2D eigenvalue weighted by Crippen LogP contribution is -2.54. The lowest BCUT2D eigenvalue weighted by atomic mass is 10.1. The number of carbonyl (C=O) groups is 2. The van der Waals surface area contributed by atoms with E-state index in [-0.39, 0.29) is 5.91 Å². The molecule has 2 atom stereocenters. The molecule has 0 heterocycles. The number of nitrogens with one attached hydrogen (secondary N) is 2. The van der Waals surface area contributed by atoms with E-state index in [2.05, 4.69) is 10.6 Å². The van der Waals surface area contributed by atoms with Gasteiger partial charge in [0.05, 0.1) is 12.7 Å². The van der Waals surface area contributed by atoms with Crippen LogP contribution in [0.2, 0.25) is 0 Å². The van der Waals surface area contributed by atoms with Crippen molar-refractivity contribution in [1.29, 1.82) is 0 Å². The maximum atomic E-state index is 12.2. The summed E-state index contributed by atoms with van der Waals surface area (Å²) in [6.07, 6.45) is -1.15. The molecule has 6 nitrogen and oxygen atoms in total. The van der Waals surface area contributed by atoms with Crippen LogP contribution in [0.4, 0.5) is 4.79 Å². The number of ether oxygens (including phenoxy) is 2. The number of carbonyl (C=O) groups excluding carboxylic acids is 2. The van der Waals surface area contributed by atoms with Crippen molar-refractivity contribution in [2.45, 2.75) is 59.0 Å². The average molecular weight is 336 g/mol. The molecule has 1 aromatic carbocycles. The lowest BCUT2D eigenvalue weighted by Gasteiger charge is -2.26. The molecule has 0 fully saturated rings. The molecule has 0 radical (unpaired) electrons. The van der Waals surface area contributed by atoms with Crippen molar-refractivity contribution >= 4 is 12.0 Å². The van der Waals surface area contributed by atoms with Gasteiger partial charge in [-0.1, -0.05) is 30.3 Å². The molecule has 0 spiro atoms. The fourth-order valence-corrected chi connectivity index (χ4v) is 2.01. The van der Waals surface area contributed by atoms with Crippen LogP contribution >= 0.6 is 0 Å². The van der Waals surface area contributed by atoms with Gasteiger partial charge in [0.15, 0.2) is 0 Å². The lowest BCUT2D eigenvalue weighted by molar-refractivity contribution is -0.127. The number of alkyl carbamates (subject to hydrolysis) is 1. The minimum atomic E-state index is -0.830. The van der Waals surface area contributed by atoms with E-state index in [1.165, 1.54) is 0 Å². The summed E-state index contributed by atoms with van der Waals surface area (Å²) >= 11 is 0. The first-order valence-corrected chi connectivity index (χ1v) is 8.15. The van der Waals surface area contributed by atoms with Crippen LogP contribution in [0, 0.1) is 0 Å². The van der Waals surface area contributed by atoms with Gasteiger partial charge < -0.3 is 20.1 Å². The molecule has 0 aromatic heterocycles. The van der Waals surface area contributed by atoms with E-state index in [9.17, 15) is 9.59 Å². The predicted molar refractivity (Wildman–Crippen MR) is 92.5 cm³/mol. The Balaban J connectivity index is 2.69. The van der Waals surface area contributed by atoms with Gasteiger partial charge in [-0.05, 0) is 40.2 Å². The van der Waals surface area contributed by atoms with Crippen LogP contribution in [0.25, 0.3) is 0 Å². The topological polar surface area (TPSA) is 76.7 Å². The fraction of sp³-hybridized carbons (Fsp3) is 0.556. The van der Waals surface area contributed by atoms with Crippen LogP contribution in [-0.4, -0.2) is 36.3 Å². The van der Waals surface area contributed by atoms with Crippen molar-refractivity contribution < 1.29 is 19.1 Å². The van der Waals surface area contributed by atoms with E-state index >= 15 is 0 Å². The van der Waals surface area contributed by atoms with Gasteiger partial charge >= 0.3 is 6.09 Å². The van der Waals surface area contributed by atoms with Gasteiger partial charge in [0.1, 0.15) is 11.6 Å². The summed E-state index contributed by atoms with van der Waals surface area (Å²) in [6.45, 7) is 9.69. The third kappa shape index (κ3) is 7.46. The highest BCUT2D eigenvalue weighted by molar-refractivity contribution is 5.86.